The molecule has 0 radical (unpaired) electrons. The van der Waals surface area contributed by atoms with E-state index in [0.717, 1.165) is 5.56 Å². The number of carbonyl (C=O) groups excluding carboxylic acids is 2. The van der Waals surface area contributed by atoms with Crippen LogP contribution in [0.25, 0.3) is 0 Å². The number of aryl methyl sites for hydroxylation is 2. The van der Waals surface area contributed by atoms with Gasteiger partial charge in [-0.25, -0.2) is 4.79 Å². The Hall–Kier alpha value is -2.83. The van der Waals surface area contributed by atoms with Crippen molar-refractivity contribution in [1.29, 1.82) is 0 Å². The number of hydrogen-bond acceptors (Lipinski definition) is 5. The molecule has 21 heavy (non-hydrogen) atoms. The van der Waals surface area contributed by atoms with Crippen molar-refractivity contribution in [2.75, 3.05) is 18.2 Å². The summed E-state index contributed by atoms with van der Waals surface area (Å²) in [6, 6.07) is 4.90. The van der Waals surface area contributed by atoms with E-state index in [1.54, 1.807) is 25.1 Å². The zero-order chi connectivity index (χ0) is 15.6. The Labute approximate surface area is 121 Å². The van der Waals surface area contributed by atoms with Crippen LogP contribution in [0.15, 0.2) is 18.2 Å². The fourth-order valence-corrected chi connectivity index (χ4v) is 1.79. The Kier molecular flexibility index (Phi) is 3.93. The topological polar surface area (TPSA) is 110 Å². The molecule has 1 heterocycles. The number of hydrogen-bond donors (Lipinski definition) is 3. The van der Waals surface area contributed by atoms with Crippen LogP contribution in [0.2, 0.25) is 0 Å². The van der Waals surface area contributed by atoms with E-state index in [-0.39, 0.29) is 5.69 Å². The van der Waals surface area contributed by atoms with E-state index < -0.39 is 11.9 Å². The van der Waals surface area contributed by atoms with E-state index in [4.69, 9.17) is 5.73 Å². The molecule has 0 aliphatic heterocycles. The summed E-state index contributed by atoms with van der Waals surface area (Å²) in [7, 11) is 1.30. The summed E-state index contributed by atoms with van der Waals surface area (Å²) in [6.07, 6.45) is 0. The number of aromatic amines is 1. The summed E-state index contributed by atoms with van der Waals surface area (Å²) in [6.45, 7) is 3.54. The number of anilines is 2. The second-order valence-electron chi connectivity index (χ2n) is 4.59. The SMILES string of the molecule is COC(=O)c1ccc(C)c(NC(=O)c2n[nH]c(C)c2N)c1. The number of nitrogen functional groups attached to an aromatic ring is 1. The largest absolute Gasteiger partial charge is 0.465 e. The molecule has 1 aromatic carbocycles. The van der Waals surface area contributed by atoms with Crippen molar-refractivity contribution < 1.29 is 14.3 Å². The van der Waals surface area contributed by atoms with Gasteiger partial charge in [-0.05, 0) is 31.5 Å². The van der Waals surface area contributed by atoms with Gasteiger partial charge in [-0.2, -0.15) is 5.10 Å². The molecular weight excluding hydrogens is 272 g/mol. The van der Waals surface area contributed by atoms with Gasteiger partial charge in [0.1, 0.15) is 0 Å². The predicted octanol–water partition coefficient (Wildman–Crippen LogP) is 1.65. The van der Waals surface area contributed by atoms with Crippen molar-refractivity contribution >= 4 is 23.3 Å². The number of methoxy groups -OCH3 is 1. The second-order valence-corrected chi connectivity index (χ2v) is 4.59. The number of carbonyl (C=O) groups is 2. The standard InChI is InChI=1S/C14H16N4O3/c1-7-4-5-9(14(20)21-3)6-10(7)16-13(19)12-11(15)8(2)17-18-12/h4-6H,15H2,1-3H3,(H,16,19)(H,17,18). The maximum absolute atomic E-state index is 12.2. The lowest BCUT2D eigenvalue weighted by Gasteiger charge is -2.09. The quantitative estimate of drug-likeness (QED) is 0.744. The molecule has 0 spiro atoms. The van der Waals surface area contributed by atoms with Crippen molar-refractivity contribution in [3.8, 4) is 0 Å². The number of nitrogens with zero attached hydrogens (tertiary/aromatic N) is 1. The fraction of sp³-hybridized carbons (Fsp3) is 0.214. The van der Waals surface area contributed by atoms with Gasteiger partial charge in [-0.15, -0.1) is 0 Å². The van der Waals surface area contributed by atoms with Gasteiger partial charge in [0, 0.05) is 5.69 Å². The Bertz CT molecular complexity index is 706. The average molecular weight is 288 g/mol. The van der Waals surface area contributed by atoms with Gasteiger partial charge < -0.3 is 15.8 Å². The summed E-state index contributed by atoms with van der Waals surface area (Å²) in [5, 5.41) is 9.20. The van der Waals surface area contributed by atoms with Gasteiger partial charge in [0.05, 0.1) is 24.1 Å². The maximum atomic E-state index is 12.2. The minimum atomic E-state index is -0.472. The molecule has 0 atom stereocenters. The van der Waals surface area contributed by atoms with Gasteiger partial charge >= 0.3 is 5.97 Å². The molecule has 0 bridgehead atoms. The van der Waals surface area contributed by atoms with Crippen molar-refractivity contribution in [2.24, 2.45) is 0 Å². The molecule has 110 valence electrons. The van der Waals surface area contributed by atoms with Crippen LogP contribution < -0.4 is 11.1 Å². The molecular formula is C14H16N4O3. The minimum absolute atomic E-state index is 0.121. The lowest BCUT2D eigenvalue weighted by atomic mass is 10.1. The number of esters is 1. The highest BCUT2D eigenvalue weighted by Crippen LogP contribution is 2.20. The van der Waals surface area contributed by atoms with Crippen LogP contribution in [0, 0.1) is 13.8 Å². The van der Waals surface area contributed by atoms with Crippen molar-refractivity contribution in [3.05, 3.63) is 40.7 Å². The monoisotopic (exact) mass is 288 g/mol. The summed E-state index contributed by atoms with van der Waals surface area (Å²) in [4.78, 5) is 23.7. The van der Waals surface area contributed by atoms with Gasteiger partial charge in [-0.3, -0.25) is 9.89 Å². The Morgan fingerprint density at radius 3 is 2.62 bits per heavy atom. The molecule has 0 saturated carbocycles. The molecule has 2 aromatic rings. The molecule has 7 nitrogen and oxygen atoms in total. The van der Waals surface area contributed by atoms with Crippen molar-refractivity contribution in [3.63, 3.8) is 0 Å². The average Bonchev–Trinajstić information content (AvgIpc) is 2.80. The zero-order valence-corrected chi connectivity index (χ0v) is 12.0. The molecule has 2 rings (SSSR count). The third-order valence-corrected chi connectivity index (χ3v) is 3.12. The minimum Gasteiger partial charge on any atom is -0.465 e. The van der Waals surface area contributed by atoms with Gasteiger partial charge in [0.2, 0.25) is 0 Å². The first kappa shape index (κ1) is 14.6. The molecule has 1 aromatic heterocycles. The molecule has 0 unspecified atom stereocenters. The third-order valence-electron chi connectivity index (χ3n) is 3.12. The summed E-state index contributed by atoms with van der Waals surface area (Å²) < 4.78 is 4.65. The lowest BCUT2D eigenvalue weighted by molar-refractivity contribution is 0.0600. The summed E-state index contributed by atoms with van der Waals surface area (Å²) >= 11 is 0. The van der Waals surface area contributed by atoms with E-state index in [1.807, 2.05) is 6.92 Å². The number of nitrogens with one attached hydrogen (secondary N) is 2. The van der Waals surface area contributed by atoms with Gasteiger partial charge in [0.25, 0.3) is 5.91 Å². The number of H-pyrrole nitrogens is 1. The van der Waals surface area contributed by atoms with Crippen LogP contribution >= 0.6 is 0 Å². The summed E-state index contributed by atoms with van der Waals surface area (Å²) in [5.74, 6) is -0.914. The smallest absolute Gasteiger partial charge is 0.337 e. The molecule has 0 aliphatic carbocycles. The number of benzene rings is 1. The molecule has 4 N–H and O–H groups in total. The Morgan fingerprint density at radius 2 is 2.05 bits per heavy atom. The van der Waals surface area contributed by atoms with Gasteiger partial charge in [0.15, 0.2) is 5.69 Å². The second kappa shape index (κ2) is 5.66. The number of amides is 1. The number of rotatable bonds is 3. The maximum Gasteiger partial charge on any atom is 0.337 e. The van der Waals surface area contributed by atoms with Crippen LogP contribution in [0.5, 0.6) is 0 Å². The molecule has 7 heteroatoms. The van der Waals surface area contributed by atoms with E-state index >= 15 is 0 Å². The van der Waals surface area contributed by atoms with E-state index in [2.05, 4.69) is 20.3 Å². The first-order valence-electron chi connectivity index (χ1n) is 6.24. The highest BCUT2D eigenvalue weighted by atomic mass is 16.5. The number of aromatic nitrogens is 2. The molecule has 0 aliphatic rings. The number of nitrogens with two attached hydrogens (primary N) is 1. The highest BCUT2D eigenvalue weighted by molar-refractivity contribution is 6.07. The zero-order valence-electron chi connectivity index (χ0n) is 12.0. The van der Waals surface area contributed by atoms with Crippen molar-refractivity contribution in [1.82, 2.24) is 10.2 Å². The predicted molar refractivity (Wildman–Crippen MR) is 78.2 cm³/mol. The first-order valence-corrected chi connectivity index (χ1v) is 6.24. The highest BCUT2D eigenvalue weighted by Gasteiger charge is 2.17. The van der Waals surface area contributed by atoms with Crippen LogP contribution in [-0.2, 0) is 4.74 Å². The molecule has 1 amide bonds. The molecule has 0 fully saturated rings. The normalized spacial score (nSPS) is 10.2. The fourth-order valence-electron chi connectivity index (χ4n) is 1.79. The summed E-state index contributed by atoms with van der Waals surface area (Å²) in [5.41, 5.74) is 8.47. The van der Waals surface area contributed by atoms with Gasteiger partial charge in [-0.1, -0.05) is 6.07 Å². The Balaban J connectivity index is 2.28. The van der Waals surface area contributed by atoms with Crippen molar-refractivity contribution in [2.45, 2.75) is 13.8 Å². The Morgan fingerprint density at radius 1 is 1.33 bits per heavy atom. The first-order chi connectivity index (χ1) is 9.93. The molecule has 0 saturated heterocycles. The van der Waals surface area contributed by atoms with Crippen LogP contribution in [0.1, 0.15) is 32.1 Å². The van der Waals surface area contributed by atoms with E-state index in [9.17, 15) is 9.59 Å². The van der Waals surface area contributed by atoms with Crippen LogP contribution in [0.4, 0.5) is 11.4 Å². The van der Waals surface area contributed by atoms with Crippen LogP contribution in [0.3, 0.4) is 0 Å². The van der Waals surface area contributed by atoms with E-state index in [0.29, 0.717) is 22.6 Å². The van der Waals surface area contributed by atoms with E-state index in [1.165, 1.54) is 7.11 Å². The van der Waals surface area contributed by atoms with Crippen LogP contribution in [-0.4, -0.2) is 29.2 Å². The number of ether oxygens (including phenoxy) is 1. The lowest BCUT2D eigenvalue weighted by Crippen LogP contribution is -2.15. The third kappa shape index (κ3) is 2.86.